The van der Waals surface area contributed by atoms with Gasteiger partial charge < -0.3 is 4.90 Å². The number of para-hydroxylation sites is 1. The molecule has 2 aromatic rings. The van der Waals surface area contributed by atoms with E-state index < -0.39 is 0 Å². The van der Waals surface area contributed by atoms with E-state index in [9.17, 15) is 4.39 Å². The highest BCUT2D eigenvalue weighted by Gasteiger charge is 2.17. The van der Waals surface area contributed by atoms with Gasteiger partial charge in [0.25, 0.3) is 0 Å². The van der Waals surface area contributed by atoms with Crippen molar-refractivity contribution in [2.75, 3.05) is 11.4 Å². The van der Waals surface area contributed by atoms with Gasteiger partial charge in [-0.3, -0.25) is 0 Å². The molecule has 0 aromatic heterocycles. The number of hydrogen-bond acceptors (Lipinski definition) is 1. The highest BCUT2D eigenvalue weighted by Crippen LogP contribution is 2.28. The summed E-state index contributed by atoms with van der Waals surface area (Å²) in [4.78, 5) is 2.27. The lowest BCUT2D eigenvalue weighted by molar-refractivity contribution is 0.597. The molecule has 0 aliphatic carbocycles. The highest BCUT2D eigenvalue weighted by atomic mass is 79.9. The largest absolute Gasteiger partial charge is 0.367 e. The molecule has 19 heavy (non-hydrogen) atoms. The Morgan fingerprint density at radius 3 is 2.84 bits per heavy atom. The van der Waals surface area contributed by atoms with Crippen LogP contribution in [0.3, 0.4) is 0 Å². The van der Waals surface area contributed by atoms with Gasteiger partial charge in [-0.05, 0) is 36.6 Å². The zero-order chi connectivity index (χ0) is 13.2. The van der Waals surface area contributed by atoms with E-state index in [1.54, 1.807) is 0 Å². The maximum atomic E-state index is 13.9. The topological polar surface area (TPSA) is 3.24 Å². The van der Waals surface area contributed by atoms with E-state index in [1.807, 2.05) is 12.1 Å². The van der Waals surface area contributed by atoms with Crippen LogP contribution in [-0.4, -0.2) is 6.54 Å². The minimum atomic E-state index is -0.141. The van der Waals surface area contributed by atoms with Crippen molar-refractivity contribution in [2.24, 2.45) is 0 Å². The average Bonchev–Trinajstić information content (AvgIpc) is 2.42. The van der Waals surface area contributed by atoms with Gasteiger partial charge in [0.2, 0.25) is 0 Å². The summed E-state index contributed by atoms with van der Waals surface area (Å²) in [6, 6.07) is 13.7. The van der Waals surface area contributed by atoms with Crippen molar-refractivity contribution in [3.05, 3.63) is 63.9 Å². The van der Waals surface area contributed by atoms with Crippen LogP contribution in [0.1, 0.15) is 17.5 Å². The van der Waals surface area contributed by atoms with Gasteiger partial charge in [0.05, 0.1) is 0 Å². The molecule has 1 aliphatic rings. The summed E-state index contributed by atoms with van der Waals surface area (Å²) in [5.41, 5.74) is 3.36. The van der Waals surface area contributed by atoms with Gasteiger partial charge >= 0.3 is 0 Å². The fraction of sp³-hybridized carbons (Fsp3) is 0.250. The van der Waals surface area contributed by atoms with Gasteiger partial charge in [-0.25, -0.2) is 4.39 Å². The zero-order valence-electron chi connectivity index (χ0n) is 10.6. The Labute approximate surface area is 121 Å². The second-order valence-corrected chi connectivity index (χ2v) is 5.81. The predicted molar refractivity (Wildman–Crippen MR) is 79.9 cm³/mol. The molecule has 0 saturated carbocycles. The molecule has 0 spiro atoms. The van der Waals surface area contributed by atoms with E-state index in [4.69, 9.17) is 0 Å². The summed E-state index contributed by atoms with van der Waals surface area (Å²) in [7, 11) is 0. The number of aryl methyl sites for hydroxylation is 1. The van der Waals surface area contributed by atoms with Crippen LogP contribution in [0.15, 0.2) is 46.9 Å². The molecule has 3 rings (SSSR count). The lowest BCUT2D eigenvalue weighted by Crippen LogP contribution is -2.29. The molecule has 0 bridgehead atoms. The summed E-state index contributed by atoms with van der Waals surface area (Å²) < 4.78 is 14.7. The molecule has 1 aliphatic heterocycles. The Morgan fingerprint density at radius 2 is 2.00 bits per heavy atom. The lowest BCUT2D eigenvalue weighted by atomic mass is 10.0. The lowest BCUT2D eigenvalue weighted by Gasteiger charge is -2.31. The van der Waals surface area contributed by atoms with Gasteiger partial charge in [-0.15, -0.1) is 0 Å². The van der Waals surface area contributed by atoms with Crippen molar-refractivity contribution in [3.63, 3.8) is 0 Å². The Hall–Kier alpha value is -1.35. The van der Waals surface area contributed by atoms with Crippen LogP contribution in [-0.2, 0) is 13.0 Å². The first-order valence-electron chi connectivity index (χ1n) is 6.51. The first-order chi connectivity index (χ1) is 9.24. The molecule has 1 heterocycles. The minimum Gasteiger partial charge on any atom is -0.367 e. The minimum absolute atomic E-state index is 0.141. The number of hydrogen-bond donors (Lipinski definition) is 0. The van der Waals surface area contributed by atoms with E-state index in [0.717, 1.165) is 29.4 Å². The molecular weight excluding hydrogens is 305 g/mol. The van der Waals surface area contributed by atoms with E-state index in [0.29, 0.717) is 6.54 Å². The van der Waals surface area contributed by atoms with Crippen molar-refractivity contribution >= 4 is 21.6 Å². The highest BCUT2D eigenvalue weighted by molar-refractivity contribution is 9.10. The van der Waals surface area contributed by atoms with Crippen LogP contribution in [0.2, 0.25) is 0 Å². The van der Waals surface area contributed by atoms with Crippen molar-refractivity contribution in [2.45, 2.75) is 19.4 Å². The molecule has 0 N–H and O–H groups in total. The van der Waals surface area contributed by atoms with Crippen LogP contribution in [0, 0.1) is 5.82 Å². The van der Waals surface area contributed by atoms with Gasteiger partial charge in [-0.1, -0.05) is 40.2 Å². The average molecular weight is 320 g/mol. The standard InChI is InChI=1S/C16H15BrFN/c17-14-8-7-13(15(18)10-14)11-19-9-3-5-12-4-1-2-6-16(12)19/h1-2,4,6-8,10H,3,5,9,11H2. The number of anilines is 1. The van der Waals surface area contributed by atoms with Crippen molar-refractivity contribution in [1.29, 1.82) is 0 Å². The SMILES string of the molecule is Fc1cc(Br)ccc1CN1CCCc2ccccc21. The summed E-state index contributed by atoms with van der Waals surface area (Å²) >= 11 is 3.29. The maximum absolute atomic E-state index is 13.9. The monoisotopic (exact) mass is 319 g/mol. The van der Waals surface area contributed by atoms with Crippen LogP contribution in [0.5, 0.6) is 0 Å². The fourth-order valence-corrected chi connectivity index (χ4v) is 2.96. The smallest absolute Gasteiger partial charge is 0.129 e. The van der Waals surface area contributed by atoms with E-state index in [-0.39, 0.29) is 5.82 Å². The fourth-order valence-electron chi connectivity index (χ4n) is 2.63. The number of rotatable bonds is 2. The summed E-state index contributed by atoms with van der Waals surface area (Å²) in [6.45, 7) is 1.63. The number of nitrogens with zero attached hydrogens (tertiary/aromatic N) is 1. The van der Waals surface area contributed by atoms with Crippen LogP contribution >= 0.6 is 15.9 Å². The van der Waals surface area contributed by atoms with Gasteiger partial charge in [-0.2, -0.15) is 0 Å². The summed E-state index contributed by atoms with van der Waals surface area (Å²) in [5, 5.41) is 0. The summed E-state index contributed by atoms with van der Waals surface area (Å²) in [6.07, 6.45) is 2.25. The van der Waals surface area contributed by atoms with E-state index in [1.165, 1.54) is 17.3 Å². The molecule has 0 fully saturated rings. The van der Waals surface area contributed by atoms with E-state index in [2.05, 4.69) is 45.1 Å². The first kappa shape index (κ1) is 12.7. The van der Waals surface area contributed by atoms with Crippen LogP contribution in [0.4, 0.5) is 10.1 Å². The maximum Gasteiger partial charge on any atom is 0.129 e. The Bertz CT molecular complexity index is 597. The second kappa shape index (κ2) is 5.33. The predicted octanol–water partition coefficient (Wildman–Crippen LogP) is 4.54. The van der Waals surface area contributed by atoms with Crippen molar-refractivity contribution in [1.82, 2.24) is 0 Å². The first-order valence-corrected chi connectivity index (χ1v) is 7.30. The quantitative estimate of drug-likeness (QED) is 0.785. The van der Waals surface area contributed by atoms with Crippen molar-refractivity contribution < 1.29 is 4.39 Å². The van der Waals surface area contributed by atoms with Gasteiger partial charge in [0, 0.05) is 28.8 Å². The third-order valence-electron chi connectivity index (χ3n) is 3.58. The molecule has 0 atom stereocenters. The normalized spacial score (nSPS) is 14.3. The molecule has 0 radical (unpaired) electrons. The molecular formula is C16H15BrFN. The summed E-state index contributed by atoms with van der Waals surface area (Å²) in [5.74, 6) is -0.141. The molecule has 0 saturated heterocycles. The zero-order valence-corrected chi connectivity index (χ0v) is 12.2. The molecule has 2 aromatic carbocycles. The molecule has 98 valence electrons. The van der Waals surface area contributed by atoms with Crippen LogP contribution in [0.25, 0.3) is 0 Å². The molecule has 0 unspecified atom stereocenters. The number of fused-ring (bicyclic) bond motifs is 1. The molecule has 1 nitrogen and oxygen atoms in total. The van der Waals surface area contributed by atoms with E-state index >= 15 is 0 Å². The third-order valence-corrected chi connectivity index (χ3v) is 4.08. The Kier molecular flexibility index (Phi) is 3.56. The van der Waals surface area contributed by atoms with Crippen LogP contribution < -0.4 is 4.90 Å². The molecule has 0 amide bonds. The number of benzene rings is 2. The van der Waals surface area contributed by atoms with Crippen molar-refractivity contribution in [3.8, 4) is 0 Å². The molecule has 3 heteroatoms. The van der Waals surface area contributed by atoms with Gasteiger partial charge in [0.1, 0.15) is 5.82 Å². The Balaban J connectivity index is 1.88. The number of halogens is 2. The van der Waals surface area contributed by atoms with Gasteiger partial charge in [0.15, 0.2) is 0 Å². The Morgan fingerprint density at radius 1 is 1.16 bits per heavy atom. The second-order valence-electron chi connectivity index (χ2n) is 4.89. The third kappa shape index (κ3) is 2.66.